The SMILES string of the molecule is Cl.Cn1c(=O)c2c(ncn2CCN2CCN(c3ccccc3Cl)CC2)n(C)c1=O.Cn1c(=O)c2c(ncn2CCN2CCN(c3ccccc3Cl)CC2)n(C)c1=O. The molecule has 0 atom stereocenters. The molecule has 0 aliphatic carbocycles. The molecule has 0 amide bonds. The monoisotopic (exact) mass is 840 g/mol. The number of nitrogens with zero attached hydrogens (tertiary/aromatic N) is 12. The van der Waals surface area contributed by atoms with E-state index in [9.17, 15) is 19.2 Å². The van der Waals surface area contributed by atoms with Crippen LogP contribution in [0.2, 0.25) is 10.0 Å². The molecule has 0 spiro atoms. The number of rotatable bonds is 8. The van der Waals surface area contributed by atoms with Gasteiger partial charge in [0.05, 0.1) is 34.1 Å². The number of para-hydroxylation sites is 2. The maximum atomic E-state index is 12.5. The number of piperazine rings is 2. The molecule has 0 radical (unpaired) electrons. The number of halogens is 3. The van der Waals surface area contributed by atoms with Crippen LogP contribution in [-0.2, 0) is 41.3 Å². The van der Waals surface area contributed by atoms with Gasteiger partial charge in [0.15, 0.2) is 22.3 Å². The molecule has 8 rings (SSSR count). The summed E-state index contributed by atoms with van der Waals surface area (Å²) in [6.45, 7) is 10.3. The summed E-state index contributed by atoms with van der Waals surface area (Å²) >= 11 is 12.6. The van der Waals surface area contributed by atoms with Crippen LogP contribution in [0.25, 0.3) is 22.3 Å². The first kappa shape index (κ1) is 41.8. The Morgan fingerprint density at radius 3 is 1.21 bits per heavy atom. The quantitative estimate of drug-likeness (QED) is 0.225. The molecule has 0 N–H and O–H groups in total. The Bertz CT molecular complexity index is 2430. The molecule has 2 aromatic carbocycles. The predicted octanol–water partition coefficient (Wildman–Crippen LogP) is 2.24. The summed E-state index contributed by atoms with van der Waals surface area (Å²) in [5, 5.41) is 1.56. The smallest absolute Gasteiger partial charge is 0.332 e. The van der Waals surface area contributed by atoms with Crippen LogP contribution in [0.15, 0.2) is 80.4 Å². The van der Waals surface area contributed by atoms with Gasteiger partial charge in [-0.05, 0) is 24.3 Å². The normalized spacial score (nSPS) is 15.2. The van der Waals surface area contributed by atoms with Crippen molar-refractivity contribution < 1.29 is 0 Å². The second-order valence-electron chi connectivity index (χ2n) is 14.2. The van der Waals surface area contributed by atoms with Crippen LogP contribution in [0, 0.1) is 0 Å². The minimum Gasteiger partial charge on any atom is -0.368 e. The van der Waals surface area contributed by atoms with Crippen molar-refractivity contribution in [2.24, 2.45) is 28.2 Å². The van der Waals surface area contributed by atoms with Crippen molar-refractivity contribution >= 4 is 69.3 Å². The summed E-state index contributed by atoms with van der Waals surface area (Å²) in [7, 11) is 6.26. The summed E-state index contributed by atoms with van der Waals surface area (Å²) in [6.07, 6.45) is 3.29. The van der Waals surface area contributed by atoms with Crippen molar-refractivity contribution in [1.82, 2.24) is 47.2 Å². The molecule has 4 aromatic heterocycles. The lowest BCUT2D eigenvalue weighted by Gasteiger charge is -2.36. The summed E-state index contributed by atoms with van der Waals surface area (Å²) in [6, 6.07) is 15.8. The van der Waals surface area contributed by atoms with Crippen LogP contribution in [0.3, 0.4) is 0 Å². The standard InChI is InChI=1S/2C19H23ClN6O2.ClH/c2*1-22-17-16(18(27)23(2)19(22)28)26(13-21-17)12-9-24-7-10-25(11-8-24)15-6-4-3-5-14(15)20;/h2*3-6,13H,7-12H2,1-2H3;1H. The largest absolute Gasteiger partial charge is 0.368 e. The molecule has 6 aromatic rings. The Balaban J connectivity index is 0.000000189. The first-order valence-corrected chi connectivity index (χ1v) is 19.4. The number of aryl methyl sites for hydroxylation is 2. The molecule has 0 saturated carbocycles. The van der Waals surface area contributed by atoms with Crippen molar-refractivity contribution in [3.8, 4) is 0 Å². The summed E-state index contributed by atoms with van der Waals surface area (Å²) in [5.41, 5.74) is 2.62. The van der Waals surface area contributed by atoms with Crippen molar-refractivity contribution in [3.05, 3.63) is 113 Å². The second kappa shape index (κ2) is 17.7. The van der Waals surface area contributed by atoms with Gasteiger partial charge in [-0.3, -0.25) is 37.7 Å². The topological polar surface area (TPSA) is 137 Å². The van der Waals surface area contributed by atoms with Crippen LogP contribution < -0.4 is 32.3 Å². The predicted molar refractivity (Wildman–Crippen MR) is 228 cm³/mol. The van der Waals surface area contributed by atoms with E-state index in [4.69, 9.17) is 23.2 Å². The lowest BCUT2D eigenvalue weighted by molar-refractivity contribution is 0.249. The zero-order valence-corrected chi connectivity index (χ0v) is 34.8. The van der Waals surface area contributed by atoms with Gasteiger partial charge < -0.3 is 18.9 Å². The fraction of sp³-hybridized carbons (Fsp3) is 0.421. The molecule has 16 nitrogen and oxygen atoms in total. The Morgan fingerprint density at radius 2 is 0.860 bits per heavy atom. The number of fused-ring (bicyclic) bond motifs is 2. The number of imidazole rings is 2. The molecule has 6 heterocycles. The van der Waals surface area contributed by atoms with Gasteiger partial charge in [-0.1, -0.05) is 47.5 Å². The highest BCUT2D eigenvalue weighted by atomic mass is 35.5. The fourth-order valence-electron chi connectivity index (χ4n) is 7.47. The third-order valence-corrected chi connectivity index (χ3v) is 11.5. The second-order valence-corrected chi connectivity index (χ2v) is 15.0. The van der Waals surface area contributed by atoms with E-state index in [2.05, 4.69) is 41.7 Å². The van der Waals surface area contributed by atoms with E-state index in [1.165, 1.54) is 23.2 Å². The fourth-order valence-corrected chi connectivity index (χ4v) is 7.98. The third-order valence-electron chi connectivity index (χ3n) is 10.9. The Kier molecular flexibility index (Phi) is 13.0. The van der Waals surface area contributed by atoms with Gasteiger partial charge in [-0.15, -0.1) is 12.4 Å². The van der Waals surface area contributed by atoms with Crippen LogP contribution in [0.1, 0.15) is 0 Å². The number of hydrogen-bond donors (Lipinski definition) is 0. The molecule has 19 heteroatoms. The molecule has 2 saturated heterocycles. The molecule has 2 aliphatic rings. The van der Waals surface area contributed by atoms with Crippen LogP contribution in [0.4, 0.5) is 11.4 Å². The van der Waals surface area contributed by atoms with Gasteiger partial charge in [-0.25, -0.2) is 19.6 Å². The van der Waals surface area contributed by atoms with E-state index in [1.54, 1.807) is 26.7 Å². The number of hydrogen-bond acceptors (Lipinski definition) is 10. The molecular formula is C38H47Cl3N12O4. The molecular weight excluding hydrogens is 795 g/mol. The number of benzene rings is 2. The minimum atomic E-state index is -0.363. The molecule has 2 aliphatic heterocycles. The summed E-state index contributed by atoms with van der Waals surface area (Å²) in [4.78, 5) is 67.0. The Hall–Kier alpha value is -4.87. The van der Waals surface area contributed by atoms with Gasteiger partial charge in [0.2, 0.25) is 0 Å². The zero-order chi connectivity index (χ0) is 39.7. The van der Waals surface area contributed by atoms with Crippen molar-refractivity contribution in [3.63, 3.8) is 0 Å². The van der Waals surface area contributed by atoms with Gasteiger partial charge in [0, 0.05) is 107 Å². The first-order valence-electron chi connectivity index (χ1n) is 18.6. The lowest BCUT2D eigenvalue weighted by Crippen LogP contribution is -2.47. The van der Waals surface area contributed by atoms with Crippen molar-refractivity contribution in [2.45, 2.75) is 13.1 Å². The maximum Gasteiger partial charge on any atom is 0.332 e. The van der Waals surface area contributed by atoms with Crippen molar-refractivity contribution in [1.29, 1.82) is 0 Å². The van der Waals surface area contributed by atoms with Gasteiger partial charge in [-0.2, -0.15) is 0 Å². The van der Waals surface area contributed by atoms with E-state index in [-0.39, 0.29) is 34.9 Å². The van der Waals surface area contributed by atoms with Crippen molar-refractivity contribution in [2.75, 3.05) is 75.2 Å². The average Bonchev–Trinajstić information content (AvgIpc) is 3.85. The van der Waals surface area contributed by atoms with E-state index in [0.29, 0.717) is 35.4 Å². The number of anilines is 2. The molecule has 0 bridgehead atoms. The van der Waals surface area contributed by atoms with E-state index in [0.717, 1.165) is 96.0 Å². The highest BCUT2D eigenvalue weighted by Gasteiger charge is 2.22. The molecule has 57 heavy (non-hydrogen) atoms. The van der Waals surface area contributed by atoms with Crippen LogP contribution in [0.5, 0.6) is 0 Å². The average molecular weight is 842 g/mol. The minimum absolute atomic E-state index is 0. The van der Waals surface area contributed by atoms with Crippen LogP contribution >= 0.6 is 35.6 Å². The summed E-state index contributed by atoms with van der Waals surface area (Å²) < 4.78 is 8.77. The highest BCUT2D eigenvalue weighted by molar-refractivity contribution is 6.33. The summed E-state index contributed by atoms with van der Waals surface area (Å²) in [5.74, 6) is 0. The number of aromatic nitrogens is 8. The van der Waals surface area contributed by atoms with Gasteiger partial charge in [0.25, 0.3) is 11.1 Å². The zero-order valence-electron chi connectivity index (χ0n) is 32.4. The Morgan fingerprint density at radius 1 is 0.509 bits per heavy atom. The maximum absolute atomic E-state index is 12.5. The first-order chi connectivity index (χ1) is 26.9. The van der Waals surface area contributed by atoms with E-state index in [1.807, 2.05) is 45.5 Å². The lowest BCUT2D eigenvalue weighted by atomic mass is 10.2. The molecule has 0 unspecified atom stereocenters. The Labute approximate surface area is 344 Å². The molecule has 2 fully saturated rings. The van der Waals surface area contributed by atoms with Gasteiger partial charge >= 0.3 is 11.4 Å². The highest BCUT2D eigenvalue weighted by Crippen LogP contribution is 2.27. The third kappa shape index (κ3) is 8.41. The van der Waals surface area contributed by atoms with Crippen LogP contribution in [-0.4, -0.2) is 113 Å². The van der Waals surface area contributed by atoms with E-state index < -0.39 is 0 Å². The van der Waals surface area contributed by atoms with Gasteiger partial charge in [0.1, 0.15) is 0 Å². The van der Waals surface area contributed by atoms with E-state index >= 15 is 0 Å². The molecule has 304 valence electrons.